The minimum absolute atomic E-state index is 0.225. The van der Waals surface area contributed by atoms with Crippen molar-refractivity contribution in [2.45, 2.75) is 18.8 Å². The van der Waals surface area contributed by atoms with E-state index in [1.54, 1.807) is 37.4 Å². The van der Waals surface area contributed by atoms with Gasteiger partial charge in [0.15, 0.2) is 11.7 Å². The molecule has 1 aromatic carbocycles. The summed E-state index contributed by atoms with van der Waals surface area (Å²) in [7, 11) is 1.54. The Hall–Kier alpha value is -3.07. The first kappa shape index (κ1) is 15.8. The molecule has 1 atom stereocenters. The summed E-state index contributed by atoms with van der Waals surface area (Å²) < 4.78 is 10.4. The molecule has 0 saturated heterocycles. The van der Waals surface area contributed by atoms with Crippen LogP contribution in [0.15, 0.2) is 41.0 Å². The number of furan rings is 1. The van der Waals surface area contributed by atoms with E-state index in [4.69, 9.17) is 9.15 Å². The number of Topliss-reactive ketones (excluding diaryl/α,β-unsaturated/α-hetero) is 1. The average Bonchev–Trinajstić information content (AvgIpc) is 3.32. The van der Waals surface area contributed by atoms with Crippen molar-refractivity contribution in [2.24, 2.45) is 5.92 Å². The van der Waals surface area contributed by atoms with Gasteiger partial charge in [0, 0.05) is 11.6 Å². The number of nitrogens with one attached hydrogen (secondary N) is 1. The van der Waals surface area contributed by atoms with Gasteiger partial charge in [-0.1, -0.05) is 0 Å². The smallest absolute Gasteiger partial charge is 0.249 e. The van der Waals surface area contributed by atoms with Crippen LogP contribution in [0.4, 0.5) is 5.69 Å². The number of ether oxygens (including phenoxy) is 1. The van der Waals surface area contributed by atoms with Crippen LogP contribution in [0.1, 0.15) is 34.9 Å². The molecule has 1 aliphatic carbocycles. The molecule has 6 nitrogen and oxygen atoms in total. The standard InChI is InChI=1S/C18H16N2O4/c1-23-13-6-4-12(5-7-13)20-18(22)15(10-19)16(21)14-8-9-24-17(14)11-2-3-11/h4-9,11,15H,2-3H2,1H3,(H,20,22)/t15-/m0/s1. The molecule has 0 spiro atoms. The fraction of sp³-hybridized carbons (Fsp3) is 0.278. The molecule has 2 aromatic rings. The minimum Gasteiger partial charge on any atom is -0.497 e. The third-order valence-corrected chi connectivity index (χ3v) is 3.92. The number of hydrogen-bond acceptors (Lipinski definition) is 5. The zero-order valence-corrected chi connectivity index (χ0v) is 13.1. The van der Waals surface area contributed by atoms with Gasteiger partial charge in [-0.3, -0.25) is 9.59 Å². The van der Waals surface area contributed by atoms with Gasteiger partial charge in [-0.15, -0.1) is 0 Å². The summed E-state index contributed by atoms with van der Waals surface area (Å²) in [5.74, 6) is -1.15. The molecule has 0 aliphatic heterocycles. The van der Waals surface area contributed by atoms with Crippen molar-refractivity contribution in [3.8, 4) is 11.8 Å². The van der Waals surface area contributed by atoms with Gasteiger partial charge >= 0.3 is 0 Å². The van der Waals surface area contributed by atoms with Crippen LogP contribution in [0.3, 0.4) is 0 Å². The van der Waals surface area contributed by atoms with Crippen molar-refractivity contribution < 1.29 is 18.7 Å². The Bertz CT molecular complexity index is 797. The highest BCUT2D eigenvalue weighted by Crippen LogP contribution is 2.42. The van der Waals surface area contributed by atoms with Gasteiger partial charge < -0.3 is 14.5 Å². The molecule has 1 aromatic heterocycles. The largest absolute Gasteiger partial charge is 0.497 e. The third kappa shape index (κ3) is 3.15. The number of anilines is 1. The highest BCUT2D eigenvalue weighted by atomic mass is 16.5. The second-order valence-corrected chi connectivity index (χ2v) is 5.62. The predicted molar refractivity (Wildman–Crippen MR) is 85.7 cm³/mol. The number of amides is 1. The average molecular weight is 324 g/mol. The number of methoxy groups -OCH3 is 1. The van der Waals surface area contributed by atoms with Crippen LogP contribution in [0, 0.1) is 17.2 Å². The van der Waals surface area contributed by atoms with Crippen molar-refractivity contribution in [1.82, 2.24) is 0 Å². The third-order valence-electron chi connectivity index (χ3n) is 3.92. The molecular formula is C18H16N2O4. The second-order valence-electron chi connectivity index (χ2n) is 5.62. The summed E-state index contributed by atoms with van der Waals surface area (Å²) in [6, 6.07) is 9.97. The lowest BCUT2D eigenvalue weighted by molar-refractivity contribution is -0.117. The lowest BCUT2D eigenvalue weighted by atomic mass is 9.97. The number of hydrogen-bond donors (Lipinski definition) is 1. The Labute approximate surface area is 139 Å². The minimum atomic E-state index is -1.41. The van der Waals surface area contributed by atoms with Gasteiger partial charge in [-0.25, -0.2) is 0 Å². The molecule has 1 amide bonds. The number of rotatable bonds is 6. The zero-order chi connectivity index (χ0) is 17.1. The van der Waals surface area contributed by atoms with Crippen molar-refractivity contribution in [2.75, 3.05) is 12.4 Å². The first-order chi connectivity index (χ1) is 11.6. The maximum absolute atomic E-state index is 12.6. The Balaban J connectivity index is 1.74. The first-order valence-corrected chi connectivity index (χ1v) is 7.60. The molecule has 122 valence electrons. The van der Waals surface area contributed by atoms with Crippen LogP contribution in [-0.2, 0) is 4.79 Å². The number of carbonyl (C=O) groups is 2. The second kappa shape index (κ2) is 6.59. The molecule has 6 heteroatoms. The van der Waals surface area contributed by atoms with E-state index >= 15 is 0 Å². The van der Waals surface area contributed by atoms with Gasteiger partial charge in [-0.2, -0.15) is 5.26 Å². The lowest BCUT2D eigenvalue weighted by Gasteiger charge is -2.10. The number of carbonyl (C=O) groups excluding carboxylic acids is 2. The maximum atomic E-state index is 12.6. The fourth-order valence-corrected chi connectivity index (χ4v) is 2.47. The summed E-state index contributed by atoms with van der Waals surface area (Å²) >= 11 is 0. The van der Waals surface area contributed by atoms with Crippen LogP contribution in [0.25, 0.3) is 0 Å². The molecule has 1 N–H and O–H groups in total. The van der Waals surface area contributed by atoms with Crippen molar-refractivity contribution in [3.63, 3.8) is 0 Å². The van der Waals surface area contributed by atoms with Crippen LogP contribution >= 0.6 is 0 Å². The first-order valence-electron chi connectivity index (χ1n) is 7.60. The van der Waals surface area contributed by atoms with E-state index in [1.165, 1.54) is 12.3 Å². The molecule has 0 radical (unpaired) electrons. The fourth-order valence-electron chi connectivity index (χ4n) is 2.47. The van der Waals surface area contributed by atoms with Crippen LogP contribution in [0.2, 0.25) is 0 Å². The summed E-state index contributed by atoms with van der Waals surface area (Å²) in [5.41, 5.74) is 0.817. The summed E-state index contributed by atoms with van der Waals surface area (Å²) in [5, 5.41) is 11.9. The predicted octanol–water partition coefficient (Wildman–Crippen LogP) is 3.13. The number of nitriles is 1. The molecule has 24 heavy (non-hydrogen) atoms. The SMILES string of the molecule is COc1ccc(NC(=O)[C@@H](C#N)C(=O)c2ccoc2C2CC2)cc1. The molecule has 3 rings (SSSR count). The Kier molecular flexibility index (Phi) is 4.34. The normalized spacial score (nSPS) is 14.5. The van der Waals surface area contributed by atoms with E-state index in [2.05, 4.69) is 5.32 Å². The van der Waals surface area contributed by atoms with E-state index in [-0.39, 0.29) is 5.92 Å². The Morgan fingerprint density at radius 1 is 1.29 bits per heavy atom. The van der Waals surface area contributed by atoms with Crippen LogP contribution < -0.4 is 10.1 Å². The summed E-state index contributed by atoms with van der Waals surface area (Å²) in [6.07, 6.45) is 3.35. The Morgan fingerprint density at radius 3 is 2.58 bits per heavy atom. The van der Waals surface area contributed by atoms with Gasteiger partial charge in [0.25, 0.3) is 0 Å². The van der Waals surface area contributed by atoms with Gasteiger partial charge in [-0.05, 0) is 43.2 Å². The molecule has 1 saturated carbocycles. The summed E-state index contributed by atoms with van der Waals surface area (Å²) in [6.45, 7) is 0. The highest BCUT2D eigenvalue weighted by molar-refractivity contribution is 6.16. The van der Waals surface area contributed by atoms with Gasteiger partial charge in [0.05, 0.1) is 25.0 Å². The summed E-state index contributed by atoms with van der Waals surface area (Å²) in [4.78, 5) is 24.9. The number of ketones is 1. The quantitative estimate of drug-likeness (QED) is 0.651. The maximum Gasteiger partial charge on any atom is 0.249 e. The molecule has 1 heterocycles. The van der Waals surface area contributed by atoms with E-state index in [1.807, 2.05) is 0 Å². The number of nitrogens with zero attached hydrogens (tertiary/aromatic N) is 1. The van der Waals surface area contributed by atoms with E-state index < -0.39 is 17.6 Å². The monoisotopic (exact) mass is 324 g/mol. The highest BCUT2D eigenvalue weighted by Gasteiger charge is 2.35. The van der Waals surface area contributed by atoms with Gasteiger partial charge in [0.1, 0.15) is 11.5 Å². The Morgan fingerprint density at radius 2 is 2.00 bits per heavy atom. The van der Waals surface area contributed by atoms with E-state index in [0.29, 0.717) is 22.8 Å². The molecule has 0 unspecified atom stereocenters. The van der Waals surface area contributed by atoms with E-state index in [0.717, 1.165) is 12.8 Å². The van der Waals surface area contributed by atoms with Gasteiger partial charge in [0.2, 0.25) is 5.91 Å². The van der Waals surface area contributed by atoms with E-state index in [9.17, 15) is 14.9 Å². The van der Waals surface area contributed by atoms with Crippen molar-refractivity contribution in [1.29, 1.82) is 5.26 Å². The molecule has 1 aliphatic rings. The molecule has 1 fully saturated rings. The molecule has 0 bridgehead atoms. The van der Waals surface area contributed by atoms with Crippen LogP contribution in [-0.4, -0.2) is 18.8 Å². The lowest BCUT2D eigenvalue weighted by Crippen LogP contribution is -2.29. The van der Waals surface area contributed by atoms with Crippen molar-refractivity contribution in [3.05, 3.63) is 47.9 Å². The van der Waals surface area contributed by atoms with Crippen LogP contribution in [0.5, 0.6) is 5.75 Å². The molecular weight excluding hydrogens is 308 g/mol. The number of benzene rings is 1. The topological polar surface area (TPSA) is 92.3 Å². The zero-order valence-electron chi connectivity index (χ0n) is 13.1. The van der Waals surface area contributed by atoms with Crippen molar-refractivity contribution >= 4 is 17.4 Å².